The number of hydrogen-bond donors (Lipinski definition) is 1. The van der Waals surface area contributed by atoms with Gasteiger partial charge in [-0.1, -0.05) is 41.9 Å². The summed E-state index contributed by atoms with van der Waals surface area (Å²) >= 11 is 5.99. The number of benzene rings is 2. The lowest BCUT2D eigenvalue weighted by Gasteiger charge is -2.12. The number of sulfonamides is 1. The van der Waals surface area contributed by atoms with Crippen molar-refractivity contribution in [3.8, 4) is 0 Å². The van der Waals surface area contributed by atoms with Crippen molar-refractivity contribution in [1.29, 1.82) is 0 Å². The summed E-state index contributed by atoms with van der Waals surface area (Å²) in [6.45, 7) is 2.33. The molecule has 1 N–H and O–H groups in total. The van der Waals surface area contributed by atoms with Crippen molar-refractivity contribution in [2.24, 2.45) is 0 Å². The quantitative estimate of drug-likeness (QED) is 0.878. The predicted octanol–water partition coefficient (Wildman–Crippen LogP) is 3.27. The van der Waals surface area contributed by atoms with Crippen molar-refractivity contribution >= 4 is 21.6 Å². The fraction of sp³-hybridized carbons (Fsp3) is 0.250. The molecule has 2 rings (SSSR count). The first-order valence-electron chi connectivity index (χ1n) is 6.76. The van der Waals surface area contributed by atoms with Gasteiger partial charge in [-0.3, -0.25) is 0 Å². The van der Waals surface area contributed by atoms with Crippen LogP contribution in [0.1, 0.15) is 16.7 Å². The lowest BCUT2D eigenvalue weighted by atomic mass is 10.1. The van der Waals surface area contributed by atoms with Gasteiger partial charge >= 0.3 is 0 Å². The molecular formula is C16H18ClNO3S. The van der Waals surface area contributed by atoms with Crippen LogP contribution in [-0.4, -0.2) is 15.5 Å². The molecule has 4 nitrogen and oxygen atoms in total. The second kappa shape index (κ2) is 7.24. The van der Waals surface area contributed by atoms with E-state index in [0.29, 0.717) is 17.2 Å². The molecule has 118 valence electrons. The van der Waals surface area contributed by atoms with Crippen LogP contribution < -0.4 is 4.72 Å². The number of halogens is 1. The van der Waals surface area contributed by atoms with E-state index in [1.54, 1.807) is 32.2 Å². The molecule has 2 aromatic carbocycles. The van der Waals surface area contributed by atoms with Gasteiger partial charge in [0.2, 0.25) is 10.0 Å². The summed E-state index contributed by atoms with van der Waals surface area (Å²) < 4.78 is 32.6. The Hall–Kier alpha value is -1.40. The molecule has 0 aromatic heterocycles. The lowest BCUT2D eigenvalue weighted by Crippen LogP contribution is -2.24. The van der Waals surface area contributed by atoms with Crippen molar-refractivity contribution in [2.75, 3.05) is 7.11 Å². The van der Waals surface area contributed by atoms with E-state index in [4.69, 9.17) is 16.3 Å². The third-order valence-electron chi connectivity index (χ3n) is 3.38. The molecule has 0 atom stereocenters. The van der Waals surface area contributed by atoms with Gasteiger partial charge in [-0.05, 0) is 35.7 Å². The van der Waals surface area contributed by atoms with Crippen molar-refractivity contribution < 1.29 is 13.2 Å². The first-order chi connectivity index (χ1) is 10.5. The number of rotatable bonds is 6. The van der Waals surface area contributed by atoms with Gasteiger partial charge in [0.25, 0.3) is 0 Å². The topological polar surface area (TPSA) is 55.4 Å². The third kappa shape index (κ3) is 3.87. The monoisotopic (exact) mass is 339 g/mol. The molecule has 0 saturated heterocycles. The standard InChI is InChI=1S/C16H18ClNO3S/c1-12-15(17)8-5-9-16(12)22(19,20)18-10-13-6-3-4-7-14(13)11-21-2/h3-9,18H,10-11H2,1-2H3. The van der Waals surface area contributed by atoms with E-state index in [-0.39, 0.29) is 11.4 Å². The number of nitrogens with one attached hydrogen (secondary N) is 1. The summed E-state index contributed by atoms with van der Waals surface area (Å²) in [5.41, 5.74) is 2.38. The van der Waals surface area contributed by atoms with Gasteiger partial charge in [0, 0.05) is 18.7 Å². The molecule has 6 heteroatoms. The second-order valence-electron chi connectivity index (χ2n) is 4.89. The lowest BCUT2D eigenvalue weighted by molar-refractivity contribution is 0.184. The summed E-state index contributed by atoms with van der Waals surface area (Å²) in [4.78, 5) is 0.198. The molecule has 0 saturated carbocycles. The number of ether oxygens (including phenoxy) is 1. The molecule has 0 radical (unpaired) electrons. The molecular weight excluding hydrogens is 322 g/mol. The summed E-state index contributed by atoms with van der Waals surface area (Å²) in [7, 11) is -2.01. The van der Waals surface area contributed by atoms with Crippen LogP contribution in [0.2, 0.25) is 5.02 Å². The SMILES string of the molecule is COCc1ccccc1CNS(=O)(=O)c1cccc(Cl)c1C. The van der Waals surface area contributed by atoms with Crippen LogP contribution in [0.4, 0.5) is 0 Å². The smallest absolute Gasteiger partial charge is 0.241 e. The molecule has 0 heterocycles. The summed E-state index contributed by atoms with van der Waals surface area (Å²) in [6.07, 6.45) is 0. The minimum atomic E-state index is -3.62. The van der Waals surface area contributed by atoms with E-state index in [0.717, 1.165) is 11.1 Å². The average Bonchev–Trinajstić information content (AvgIpc) is 2.49. The highest BCUT2D eigenvalue weighted by Crippen LogP contribution is 2.23. The first-order valence-corrected chi connectivity index (χ1v) is 8.62. The Bertz CT molecular complexity index is 760. The van der Waals surface area contributed by atoms with Gasteiger partial charge < -0.3 is 4.74 Å². The Morgan fingerprint density at radius 1 is 1.09 bits per heavy atom. The number of methoxy groups -OCH3 is 1. The zero-order valence-corrected chi connectivity index (χ0v) is 14.0. The molecule has 0 bridgehead atoms. The van der Waals surface area contributed by atoms with E-state index in [1.807, 2.05) is 24.3 Å². The van der Waals surface area contributed by atoms with Crippen LogP contribution in [0, 0.1) is 6.92 Å². The highest BCUT2D eigenvalue weighted by Gasteiger charge is 2.18. The van der Waals surface area contributed by atoms with Gasteiger partial charge in [0.15, 0.2) is 0 Å². The molecule has 0 amide bonds. The van der Waals surface area contributed by atoms with Gasteiger partial charge in [0.05, 0.1) is 11.5 Å². The molecule has 0 aliphatic carbocycles. The zero-order chi connectivity index (χ0) is 16.2. The normalized spacial score (nSPS) is 11.6. The Labute approximate surface area is 136 Å². The maximum atomic E-state index is 12.4. The van der Waals surface area contributed by atoms with Gasteiger partial charge in [-0.2, -0.15) is 0 Å². The van der Waals surface area contributed by atoms with Crippen LogP contribution >= 0.6 is 11.6 Å². The summed E-state index contributed by atoms with van der Waals surface area (Å²) in [6, 6.07) is 12.4. The van der Waals surface area contributed by atoms with Crippen LogP contribution in [0.3, 0.4) is 0 Å². The van der Waals surface area contributed by atoms with Crippen molar-refractivity contribution in [2.45, 2.75) is 25.0 Å². The molecule has 0 unspecified atom stereocenters. The van der Waals surface area contributed by atoms with Gasteiger partial charge in [0.1, 0.15) is 0 Å². The Morgan fingerprint density at radius 2 is 1.77 bits per heavy atom. The van der Waals surface area contributed by atoms with Crippen molar-refractivity contribution in [1.82, 2.24) is 4.72 Å². The largest absolute Gasteiger partial charge is 0.380 e. The molecule has 0 fully saturated rings. The Balaban J connectivity index is 2.22. The van der Waals surface area contributed by atoms with Crippen LogP contribution in [0.15, 0.2) is 47.4 Å². The molecule has 2 aromatic rings. The van der Waals surface area contributed by atoms with E-state index in [2.05, 4.69) is 4.72 Å². The van der Waals surface area contributed by atoms with Gasteiger partial charge in [-0.25, -0.2) is 13.1 Å². The number of hydrogen-bond acceptors (Lipinski definition) is 3. The molecule has 0 aliphatic rings. The third-order valence-corrected chi connectivity index (χ3v) is 5.33. The maximum Gasteiger partial charge on any atom is 0.241 e. The first kappa shape index (κ1) is 17.0. The molecule has 0 aliphatic heterocycles. The second-order valence-corrected chi connectivity index (χ2v) is 7.03. The van der Waals surface area contributed by atoms with E-state index in [1.165, 1.54) is 0 Å². The predicted molar refractivity (Wildman–Crippen MR) is 87.4 cm³/mol. The molecule has 22 heavy (non-hydrogen) atoms. The van der Waals surface area contributed by atoms with Crippen LogP contribution in [-0.2, 0) is 27.9 Å². The highest BCUT2D eigenvalue weighted by molar-refractivity contribution is 7.89. The van der Waals surface area contributed by atoms with E-state index >= 15 is 0 Å². The Morgan fingerprint density at radius 3 is 2.45 bits per heavy atom. The summed E-state index contributed by atoms with van der Waals surface area (Å²) in [5.74, 6) is 0. The van der Waals surface area contributed by atoms with Crippen molar-refractivity contribution in [3.05, 3.63) is 64.2 Å². The van der Waals surface area contributed by atoms with Crippen LogP contribution in [0.5, 0.6) is 0 Å². The fourth-order valence-corrected chi connectivity index (χ4v) is 3.66. The average molecular weight is 340 g/mol. The van der Waals surface area contributed by atoms with E-state index in [9.17, 15) is 8.42 Å². The highest BCUT2D eigenvalue weighted by atomic mass is 35.5. The van der Waals surface area contributed by atoms with Gasteiger partial charge in [-0.15, -0.1) is 0 Å². The summed E-state index contributed by atoms with van der Waals surface area (Å²) in [5, 5.41) is 0.433. The maximum absolute atomic E-state index is 12.4. The minimum absolute atomic E-state index is 0.198. The van der Waals surface area contributed by atoms with Crippen molar-refractivity contribution in [3.63, 3.8) is 0 Å². The fourth-order valence-electron chi connectivity index (χ4n) is 2.16. The Kier molecular flexibility index (Phi) is 5.58. The molecule has 0 spiro atoms. The van der Waals surface area contributed by atoms with E-state index < -0.39 is 10.0 Å². The zero-order valence-electron chi connectivity index (χ0n) is 12.5. The van der Waals surface area contributed by atoms with Crippen LogP contribution in [0.25, 0.3) is 0 Å². The minimum Gasteiger partial charge on any atom is -0.380 e.